The van der Waals surface area contributed by atoms with Crippen LogP contribution in [0, 0.1) is 0 Å². The molecule has 2 rings (SSSR count). The number of carbonyl (C=O) groups excluding carboxylic acids is 2. The summed E-state index contributed by atoms with van der Waals surface area (Å²) in [5.74, 6) is -1.32. The van der Waals surface area contributed by atoms with E-state index in [9.17, 15) is 9.59 Å². The highest BCUT2D eigenvalue weighted by atomic mass is 16.2. The number of anilines is 1. The number of rotatable bonds is 3. The summed E-state index contributed by atoms with van der Waals surface area (Å²) in [4.78, 5) is 23.6. The van der Waals surface area contributed by atoms with Crippen molar-refractivity contribution in [1.29, 1.82) is 0 Å². The fraction of sp³-hybridized carbons (Fsp3) is 0.125. The minimum absolute atomic E-state index is 0.217. The first-order valence-electron chi connectivity index (χ1n) is 6.38. The van der Waals surface area contributed by atoms with Gasteiger partial charge in [0.15, 0.2) is 0 Å². The minimum atomic E-state index is -0.668. The smallest absolute Gasteiger partial charge is 0.313 e. The van der Waals surface area contributed by atoms with Crippen LogP contribution in [-0.4, -0.2) is 11.8 Å². The lowest BCUT2D eigenvalue weighted by atomic mass is 10.1. The second kappa shape index (κ2) is 6.52. The molecule has 2 amide bonds. The Hall–Kier alpha value is -2.62. The highest BCUT2D eigenvalue weighted by molar-refractivity contribution is 6.39. The standard InChI is InChI=1S/C16H16N2O2/c1-12(13-8-4-2-5-9-13)17-15(19)16(20)18-14-10-6-3-7-11-14/h2-12H,1H3,(H,17,19)(H,18,20)/t12-/m0/s1. The van der Waals surface area contributed by atoms with Crippen LogP contribution in [0.15, 0.2) is 60.7 Å². The minimum Gasteiger partial charge on any atom is -0.341 e. The molecule has 2 N–H and O–H groups in total. The van der Waals surface area contributed by atoms with Crippen LogP contribution < -0.4 is 10.6 Å². The molecule has 1 atom stereocenters. The van der Waals surface area contributed by atoms with Crippen molar-refractivity contribution >= 4 is 17.5 Å². The fourth-order valence-corrected chi connectivity index (χ4v) is 1.80. The molecule has 0 saturated carbocycles. The molecule has 0 fully saturated rings. The van der Waals surface area contributed by atoms with Crippen LogP contribution in [0.4, 0.5) is 5.69 Å². The molecule has 4 heteroatoms. The Morgan fingerprint density at radius 3 is 2.00 bits per heavy atom. The van der Waals surface area contributed by atoms with Crippen molar-refractivity contribution in [2.45, 2.75) is 13.0 Å². The van der Waals surface area contributed by atoms with Crippen LogP contribution in [0.25, 0.3) is 0 Å². The molecule has 0 aromatic heterocycles. The Balaban J connectivity index is 1.93. The van der Waals surface area contributed by atoms with Gasteiger partial charge in [0.2, 0.25) is 0 Å². The van der Waals surface area contributed by atoms with Crippen LogP contribution in [0.1, 0.15) is 18.5 Å². The summed E-state index contributed by atoms with van der Waals surface area (Å²) in [5.41, 5.74) is 1.55. The molecular weight excluding hydrogens is 252 g/mol. The van der Waals surface area contributed by atoms with Crippen LogP contribution >= 0.6 is 0 Å². The zero-order chi connectivity index (χ0) is 14.4. The van der Waals surface area contributed by atoms with E-state index >= 15 is 0 Å². The van der Waals surface area contributed by atoms with Crippen LogP contribution in [0.5, 0.6) is 0 Å². The van der Waals surface area contributed by atoms with Gasteiger partial charge in [-0.3, -0.25) is 9.59 Å². The molecule has 4 nitrogen and oxygen atoms in total. The van der Waals surface area contributed by atoms with Gasteiger partial charge in [0, 0.05) is 5.69 Å². The van der Waals surface area contributed by atoms with Crippen molar-refractivity contribution in [2.24, 2.45) is 0 Å². The Morgan fingerprint density at radius 1 is 0.850 bits per heavy atom. The molecule has 0 bridgehead atoms. The summed E-state index contributed by atoms with van der Waals surface area (Å²) < 4.78 is 0. The number of hydrogen-bond donors (Lipinski definition) is 2. The Morgan fingerprint density at radius 2 is 1.40 bits per heavy atom. The van der Waals surface area contributed by atoms with Crippen molar-refractivity contribution in [2.75, 3.05) is 5.32 Å². The number of nitrogens with one attached hydrogen (secondary N) is 2. The number of carbonyl (C=O) groups is 2. The Kier molecular flexibility index (Phi) is 4.50. The van der Waals surface area contributed by atoms with Crippen molar-refractivity contribution in [3.8, 4) is 0 Å². The summed E-state index contributed by atoms with van der Waals surface area (Å²) >= 11 is 0. The number of para-hydroxylation sites is 1. The van der Waals surface area contributed by atoms with Crippen molar-refractivity contribution in [3.05, 3.63) is 66.2 Å². The first kappa shape index (κ1) is 13.8. The first-order chi connectivity index (χ1) is 9.66. The summed E-state index contributed by atoms with van der Waals surface area (Å²) in [6.45, 7) is 1.84. The average molecular weight is 268 g/mol. The van der Waals surface area contributed by atoms with E-state index in [1.165, 1.54) is 0 Å². The van der Waals surface area contributed by atoms with Gasteiger partial charge in [0.05, 0.1) is 6.04 Å². The molecule has 20 heavy (non-hydrogen) atoms. The third-order valence-electron chi connectivity index (χ3n) is 2.89. The molecule has 2 aromatic rings. The van der Waals surface area contributed by atoms with Gasteiger partial charge in [0.1, 0.15) is 0 Å². The fourth-order valence-electron chi connectivity index (χ4n) is 1.80. The van der Waals surface area contributed by atoms with Crippen LogP contribution in [0.3, 0.4) is 0 Å². The molecule has 0 aliphatic carbocycles. The molecule has 0 saturated heterocycles. The lowest BCUT2D eigenvalue weighted by molar-refractivity contribution is -0.136. The second-order valence-corrected chi connectivity index (χ2v) is 4.43. The van der Waals surface area contributed by atoms with Crippen LogP contribution in [0.2, 0.25) is 0 Å². The van der Waals surface area contributed by atoms with Gasteiger partial charge >= 0.3 is 11.8 Å². The van der Waals surface area contributed by atoms with Gasteiger partial charge < -0.3 is 10.6 Å². The second-order valence-electron chi connectivity index (χ2n) is 4.43. The maximum atomic E-state index is 11.8. The topological polar surface area (TPSA) is 58.2 Å². The molecule has 0 radical (unpaired) electrons. The van der Waals surface area contributed by atoms with Gasteiger partial charge in [-0.2, -0.15) is 0 Å². The van der Waals surface area contributed by atoms with Crippen LogP contribution in [-0.2, 0) is 9.59 Å². The largest absolute Gasteiger partial charge is 0.341 e. The van der Waals surface area contributed by atoms with E-state index in [0.29, 0.717) is 5.69 Å². The Labute approximate surface area is 117 Å². The molecule has 2 aromatic carbocycles. The molecule has 0 unspecified atom stereocenters. The van der Waals surface area contributed by atoms with Gasteiger partial charge in [-0.1, -0.05) is 48.5 Å². The molecule has 0 heterocycles. The lowest BCUT2D eigenvalue weighted by Gasteiger charge is -2.14. The molecule has 0 aliphatic heterocycles. The number of amides is 2. The van der Waals surface area contributed by atoms with E-state index in [1.54, 1.807) is 24.3 Å². The first-order valence-corrected chi connectivity index (χ1v) is 6.38. The van der Waals surface area contributed by atoms with E-state index in [2.05, 4.69) is 10.6 Å². The van der Waals surface area contributed by atoms with E-state index < -0.39 is 11.8 Å². The van der Waals surface area contributed by atoms with Crippen molar-refractivity contribution in [3.63, 3.8) is 0 Å². The van der Waals surface area contributed by atoms with Crippen molar-refractivity contribution in [1.82, 2.24) is 5.32 Å². The average Bonchev–Trinajstić information content (AvgIpc) is 2.49. The molecule has 0 spiro atoms. The third kappa shape index (κ3) is 3.68. The van der Waals surface area contributed by atoms with E-state index in [1.807, 2.05) is 43.3 Å². The molecule has 102 valence electrons. The van der Waals surface area contributed by atoms with Gasteiger partial charge in [0.25, 0.3) is 0 Å². The predicted octanol–water partition coefficient (Wildman–Crippen LogP) is 2.50. The normalized spacial score (nSPS) is 11.4. The summed E-state index contributed by atoms with van der Waals surface area (Å²) in [7, 11) is 0. The lowest BCUT2D eigenvalue weighted by Crippen LogP contribution is -2.36. The zero-order valence-corrected chi connectivity index (χ0v) is 11.2. The maximum Gasteiger partial charge on any atom is 0.313 e. The van der Waals surface area contributed by atoms with E-state index in [-0.39, 0.29) is 6.04 Å². The summed E-state index contributed by atoms with van der Waals surface area (Å²) in [6, 6.07) is 18.2. The van der Waals surface area contributed by atoms with Gasteiger partial charge in [-0.05, 0) is 24.6 Å². The van der Waals surface area contributed by atoms with Gasteiger partial charge in [-0.25, -0.2) is 0 Å². The molecular formula is C16H16N2O2. The Bertz CT molecular complexity index is 582. The predicted molar refractivity (Wildman–Crippen MR) is 78.1 cm³/mol. The number of benzene rings is 2. The number of hydrogen-bond acceptors (Lipinski definition) is 2. The summed E-state index contributed by atoms with van der Waals surface area (Å²) in [5, 5.41) is 5.21. The SMILES string of the molecule is C[C@H](NC(=O)C(=O)Nc1ccccc1)c1ccccc1. The quantitative estimate of drug-likeness (QED) is 0.840. The highest BCUT2D eigenvalue weighted by Gasteiger charge is 2.16. The highest BCUT2D eigenvalue weighted by Crippen LogP contribution is 2.11. The van der Waals surface area contributed by atoms with Gasteiger partial charge in [-0.15, -0.1) is 0 Å². The monoisotopic (exact) mass is 268 g/mol. The summed E-state index contributed by atoms with van der Waals surface area (Å²) in [6.07, 6.45) is 0. The zero-order valence-electron chi connectivity index (χ0n) is 11.2. The van der Waals surface area contributed by atoms with E-state index in [0.717, 1.165) is 5.56 Å². The van der Waals surface area contributed by atoms with E-state index in [4.69, 9.17) is 0 Å². The third-order valence-corrected chi connectivity index (χ3v) is 2.89. The van der Waals surface area contributed by atoms with Crippen molar-refractivity contribution < 1.29 is 9.59 Å². The maximum absolute atomic E-state index is 11.8. The molecule has 0 aliphatic rings.